The lowest BCUT2D eigenvalue weighted by Gasteiger charge is -2.25. The van der Waals surface area contributed by atoms with Crippen molar-refractivity contribution in [2.24, 2.45) is 0 Å². The van der Waals surface area contributed by atoms with Crippen LogP contribution in [0, 0.1) is 13.8 Å². The third-order valence-corrected chi connectivity index (χ3v) is 5.37. The second-order valence-electron chi connectivity index (χ2n) is 6.91. The third kappa shape index (κ3) is 5.58. The number of aryl methyl sites for hydroxylation is 2. The molecule has 0 spiro atoms. The molecule has 1 aliphatic heterocycles. The van der Waals surface area contributed by atoms with Gasteiger partial charge in [-0.15, -0.1) is 11.3 Å². The van der Waals surface area contributed by atoms with Gasteiger partial charge in [-0.2, -0.15) is 0 Å². The molecule has 140 valence electrons. The minimum Gasteiger partial charge on any atom is -0.493 e. The fraction of sp³-hybridized carbons (Fsp3) is 0.476. The van der Waals surface area contributed by atoms with Crippen molar-refractivity contribution >= 4 is 17.2 Å². The van der Waals surface area contributed by atoms with Crippen LogP contribution in [0.5, 0.6) is 5.75 Å². The molecule has 2 aromatic rings. The lowest BCUT2D eigenvalue weighted by Crippen LogP contribution is -2.37. The van der Waals surface area contributed by atoms with E-state index in [-0.39, 0.29) is 12.0 Å². The number of carbonyl (C=O) groups excluding carboxylic acids is 1. The van der Waals surface area contributed by atoms with Gasteiger partial charge in [-0.05, 0) is 61.4 Å². The quantitative estimate of drug-likeness (QED) is 0.691. The van der Waals surface area contributed by atoms with E-state index in [1.54, 1.807) is 11.3 Å². The number of rotatable bonds is 8. The molecule has 2 heterocycles. The van der Waals surface area contributed by atoms with Crippen LogP contribution in [0.25, 0.3) is 0 Å². The lowest BCUT2D eigenvalue weighted by molar-refractivity contribution is -0.133. The Morgan fingerprint density at radius 2 is 2.12 bits per heavy atom. The molecule has 1 aliphatic rings. The summed E-state index contributed by atoms with van der Waals surface area (Å²) in [5, 5.41) is 2.05. The van der Waals surface area contributed by atoms with Crippen molar-refractivity contribution in [3.63, 3.8) is 0 Å². The summed E-state index contributed by atoms with van der Waals surface area (Å²) in [6.07, 6.45) is 2.67. The highest BCUT2D eigenvalue weighted by Crippen LogP contribution is 2.19. The van der Waals surface area contributed by atoms with Crippen LogP contribution >= 0.6 is 11.3 Å². The first-order valence-corrected chi connectivity index (χ1v) is 10.1. The highest BCUT2D eigenvalue weighted by atomic mass is 32.1. The van der Waals surface area contributed by atoms with Crippen LogP contribution in [-0.2, 0) is 16.1 Å². The third-order valence-electron chi connectivity index (χ3n) is 4.51. The Bertz CT molecular complexity index is 688. The van der Waals surface area contributed by atoms with Gasteiger partial charge in [0.1, 0.15) is 5.75 Å². The number of carbonyl (C=O) groups is 1. The van der Waals surface area contributed by atoms with Gasteiger partial charge in [-0.3, -0.25) is 4.79 Å². The molecule has 26 heavy (non-hydrogen) atoms. The normalized spacial score (nSPS) is 16.6. The Morgan fingerprint density at radius 3 is 2.77 bits per heavy atom. The van der Waals surface area contributed by atoms with Crippen LogP contribution in [0.15, 0.2) is 35.7 Å². The van der Waals surface area contributed by atoms with Gasteiger partial charge < -0.3 is 14.4 Å². The van der Waals surface area contributed by atoms with E-state index in [1.807, 2.05) is 28.5 Å². The molecule has 1 atom stereocenters. The van der Waals surface area contributed by atoms with E-state index in [1.165, 1.54) is 16.0 Å². The molecular weight excluding hydrogens is 346 g/mol. The summed E-state index contributed by atoms with van der Waals surface area (Å²) < 4.78 is 11.5. The van der Waals surface area contributed by atoms with Gasteiger partial charge in [0.15, 0.2) is 0 Å². The summed E-state index contributed by atoms with van der Waals surface area (Å²) in [6, 6.07) is 10.2. The lowest BCUT2D eigenvalue weighted by atomic mass is 10.1. The Kier molecular flexibility index (Phi) is 6.69. The molecule has 0 radical (unpaired) electrons. The Morgan fingerprint density at radius 1 is 1.31 bits per heavy atom. The predicted molar refractivity (Wildman–Crippen MR) is 105 cm³/mol. The van der Waals surface area contributed by atoms with Gasteiger partial charge in [-0.25, -0.2) is 0 Å². The summed E-state index contributed by atoms with van der Waals surface area (Å²) >= 11 is 1.68. The SMILES string of the molecule is Cc1cc(C)cc(OCCC(=O)N(Cc2cccs2)CC2CCCO2)c1. The largest absolute Gasteiger partial charge is 0.493 e. The molecule has 3 rings (SSSR count). The average Bonchev–Trinajstić information content (AvgIpc) is 3.27. The van der Waals surface area contributed by atoms with Crippen molar-refractivity contribution < 1.29 is 14.3 Å². The van der Waals surface area contributed by atoms with Crippen LogP contribution in [0.1, 0.15) is 35.3 Å². The Hall–Kier alpha value is -1.85. The molecule has 1 fully saturated rings. The van der Waals surface area contributed by atoms with E-state index in [0.29, 0.717) is 26.1 Å². The number of ether oxygens (including phenoxy) is 2. The molecule has 1 aromatic heterocycles. The van der Waals surface area contributed by atoms with E-state index >= 15 is 0 Å². The fourth-order valence-electron chi connectivity index (χ4n) is 3.31. The van der Waals surface area contributed by atoms with Crippen LogP contribution < -0.4 is 4.74 Å². The maximum absolute atomic E-state index is 12.8. The number of thiophene rings is 1. The second kappa shape index (κ2) is 9.19. The molecule has 1 unspecified atom stereocenters. The van der Waals surface area contributed by atoms with Crippen molar-refractivity contribution in [3.05, 3.63) is 51.7 Å². The van der Waals surface area contributed by atoms with Crippen molar-refractivity contribution in [2.75, 3.05) is 19.8 Å². The van der Waals surface area contributed by atoms with Crippen LogP contribution in [0.3, 0.4) is 0 Å². The summed E-state index contributed by atoms with van der Waals surface area (Å²) in [6.45, 7) is 6.63. The summed E-state index contributed by atoms with van der Waals surface area (Å²) in [4.78, 5) is 15.9. The minimum atomic E-state index is 0.123. The number of amides is 1. The maximum Gasteiger partial charge on any atom is 0.226 e. The average molecular weight is 374 g/mol. The summed E-state index contributed by atoms with van der Waals surface area (Å²) in [5.41, 5.74) is 2.34. The smallest absolute Gasteiger partial charge is 0.226 e. The van der Waals surface area contributed by atoms with Gasteiger partial charge in [0.25, 0.3) is 0 Å². The highest BCUT2D eigenvalue weighted by Gasteiger charge is 2.23. The summed E-state index contributed by atoms with van der Waals surface area (Å²) in [5.74, 6) is 0.956. The molecule has 1 saturated heterocycles. The van der Waals surface area contributed by atoms with Gasteiger partial charge in [-0.1, -0.05) is 12.1 Å². The zero-order valence-electron chi connectivity index (χ0n) is 15.6. The molecular formula is C21H27NO3S. The van der Waals surface area contributed by atoms with Gasteiger partial charge in [0.2, 0.25) is 5.91 Å². The van der Waals surface area contributed by atoms with E-state index in [9.17, 15) is 4.79 Å². The van der Waals surface area contributed by atoms with Crippen LogP contribution in [0.2, 0.25) is 0 Å². The number of hydrogen-bond acceptors (Lipinski definition) is 4. The minimum absolute atomic E-state index is 0.123. The first-order chi connectivity index (χ1) is 12.6. The summed E-state index contributed by atoms with van der Waals surface area (Å²) in [7, 11) is 0. The Balaban J connectivity index is 1.55. The van der Waals surface area contributed by atoms with E-state index < -0.39 is 0 Å². The zero-order chi connectivity index (χ0) is 18.4. The fourth-order valence-corrected chi connectivity index (χ4v) is 4.03. The number of hydrogen-bond donors (Lipinski definition) is 0. The predicted octanol–water partition coefficient (Wildman–Crippen LogP) is 4.34. The molecule has 0 bridgehead atoms. The van der Waals surface area contributed by atoms with Crippen molar-refractivity contribution in [3.8, 4) is 5.75 Å². The second-order valence-corrected chi connectivity index (χ2v) is 7.94. The van der Waals surface area contributed by atoms with Gasteiger partial charge in [0, 0.05) is 18.0 Å². The molecule has 1 aromatic carbocycles. The molecule has 5 heteroatoms. The highest BCUT2D eigenvalue weighted by molar-refractivity contribution is 7.09. The topological polar surface area (TPSA) is 38.8 Å². The van der Waals surface area contributed by atoms with Crippen molar-refractivity contribution in [2.45, 2.75) is 45.8 Å². The maximum atomic E-state index is 12.8. The standard InChI is InChI=1S/C21H27NO3S/c1-16-11-17(2)13-19(12-16)25-9-7-21(23)22(14-18-5-3-8-24-18)15-20-6-4-10-26-20/h4,6,10-13,18H,3,5,7-9,14-15H2,1-2H3. The zero-order valence-corrected chi connectivity index (χ0v) is 16.4. The van der Waals surface area contributed by atoms with Crippen molar-refractivity contribution in [1.82, 2.24) is 4.90 Å². The molecule has 1 amide bonds. The monoisotopic (exact) mass is 373 g/mol. The van der Waals surface area contributed by atoms with E-state index in [4.69, 9.17) is 9.47 Å². The first kappa shape index (κ1) is 18.9. The molecule has 0 N–H and O–H groups in total. The number of benzene rings is 1. The molecule has 0 saturated carbocycles. The van der Waals surface area contributed by atoms with Gasteiger partial charge in [0.05, 0.1) is 25.7 Å². The number of nitrogens with zero attached hydrogens (tertiary/aromatic N) is 1. The van der Waals surface area contributed by atoms with E-state index in [2.05, 4.69) is 26.0 Å². The van der Waals surface area contributed by atoms with E-state index in [0.717, 1.165) is 25.2 Å². The van der Waals surface area contributed by atoms with Crippen molar-refractivity contribution in [1.29, 1.82) is 0 Å². The molecule has 4 nitrogen and oxygen atoms in total. The molecule has 0 aliphatic carbocycles. The Labute approximate surface area is 159 Å². The van der Waals surface area contributed by atoms with Gasteiger partial charge >= 0.3 is 0 Å². The first-order valence-electron chi connectivity index (χ1n) is 9.23. The van der Waals surface area contributed by atoms with Crippen LogP contribution in [0.4, 0.5) is 0 Å². The van der Waals surface area contributed by atoms with Crippen LogP contribution in [-0.4, -0.2) is 36.7 Å².